The Balaban J connectivity index is 2.07. The van der Waals surface area contributed by atoms with Crippen molar-refractivity contribution in [2.45, 2.75) is 20.8 Å². The average Bonchev–Trinajstić information content (AvgIpc) is 2.84. The van der Waals surface area contributed by atoms with Crippen LogP contribution in [0.4, 0.5) is 5.69 Å². The van der Waals surface area contributed by atoms with Crippen LogP contribution in [-0.4, -0.2) is 11.7 Å². The molecule has 0 aliphatic carbocycles. The molecule has 0 radical (unpaired) electrons. The molecule has 1 amide bonds. The predicted molar refractivity (Wildman–Crippen MR) is 97.8 cm³/mol. The monoisotopic (exact) mass is 385 g/mol. The molecule has 0 aliphatic heterocycles. The van der Waals surface area contributed by atoms with Gasteiger partial charge in [-0.1, -0.05) is 24.3 Å². The third kappa shape index (κ3) is 2.76. The van der Waals surface area contributed by atoms with E-state index >= 15 is 0 Å². The van der Waals surface area contributed by atoms with Gasteiger partial charge >= 0.3 is 0 Å². The molecule has 1 N–H and O–H groups in total. The minimum Gasteiger partial charge on any atom is -0.458 e. The fourth-order valence-electron chi connectivity index (χ4n) is 2.88. The van der Waals surface area contributed by atoms with Gasteiger partial charge in [0.1, 0.15) is 5.76 Å². The van der Waals surface area contributed by atoms with Crippen LogP contribution in [0, 0.1) is 13.8 Å². The van der Waals surface area contributed by atoms with Crippen LogP contribution >= 0.6 is 15.9 Å². The van der Waals surface area contributed by atoms with E-state index in [1.165, 1.54) is 6.92 Å². The number of benzene rings is 2. The molecule has 2 aromatic carbocycles. The van der Waals surface area contributed by atoms with Crippen molar-refractivity contribution in [1.82, 2.24) is 0 Å². The molecule has 0 fully saturated rings. The van der Waals surface area contributed by atoms with Crippen LogP contribution in [0.1, 0.15) is 39.0 Å². The molecule has 1 heterocycles. The van der Waals surface area contributed by atoms with E-state index in [1.54, 1.807) is 19.1 Å². The minimum absolute atomic E-state index is 0.0589. The zero-order valence-corrected chi connectivity index (χ0v) is 15.2. The number of hydrogen-bond acceptors (Lipinski definition) is 3. The Hall–Kier alpha value is -2.40. The molecule has 0 atom stereocenters. The number of ketones is 1. The van der Waals surface area contributed by atoms with E-state index in [4.69, 9.17) is 4.42 Å². The quantitative estimate of drug-likeness (QED) is 0.624. The largest absolute Gasteiger partial charge is 0.458 e. The summed E-state index contributed by atoms with van der Waals surface area (Å²) in [6.45, 7) is 5.14. The highest BCUT2D eigenvalue weighted by Crippen LogP contribution is 2.32. The lowest BCUT2D eigenvalue weighted by molar-refractivity contribution is 0.101. The minimum atomic E-state index is -0.231. The van der Waals surface area contributed by atoms with Crippen LogP contribution in [0.2, 0.25) is 0 Å². The number of amides is 1. The van der Waals surface area contributed by atoms with Gasteiger partial charge in [-0.05, 0) is 54.4 Å². The molecule has 5 heteroatoms. The summed E-state index contributed by atoms with van der Waals surface area (Å²) in [7, 11) is 0. The summed E-state index contributed by atoms with van der Waals surface area (Å²) in [6, 6.07) is 11.0. The number of nitrogens with one attached hydrogen (secondary N) is 1. The maximum Gasteiger partial charge on any atom is 0.257 e. The van der Waals surface area contributed by atoms with E-state index < -0.39 is 0 Å². The zero-order valence-electron chi connectivity index (χ0n) is 13.6. The summed E-state index contributed by atoms with van der Waals surface area (Å²) in [5.74, 6) is 0.263. The lowest BCUT2D eigenvalue weighted by Crippen LogP contribution is -2.14. The maximum atomic E-state index is 12.7. The van der Waals surface area contributed by atoms with Gasteiger partial charge in [0.15, 0.2) is 11.4 Å². The average molecular weight is 386 g/mol. The van der Waals surface area contributed by atoms with Gasteiger partial charge in [0.2, 0.25) is 0 Å². The van der Waals surface area contributed by atoms with E-state index in [0.29, 0.717) is 33.5 Å². The van der Waals surface area contributed by atoms with Crippen LogP contribution < -0.4 is 5.32 Å². The van der Waals surface area contributed by atoms with Crippen molar-refractivity contribution < 1.29 is 14.0 Å². The van der Waals surface area contributed by atoms with Gasteiger partial charge in [0, 0.05) is 9.86 Å². The molecule has 1 aromatic heterocycles. The molecule has 0 saturated heterocycles. The number of fused-ring (bicyclic) bond motifs is 1. The number of para-hydroxylation sites is 1. The number of aryl methyl sites for hydroxylation is 2. The Morgan fingerprint density at radius 1 is 1.04 bits per heavy atom. The van der Waals surface area contributed by atoms with Crippen molar-refractivity contribution in [3.8, 4) is 0 Å². The Morgan fingerprint density at radius 2 is 1.75 bits per heavy atom. The number of furan rings is 1. The summed E-state index contributed by atoms with van der Waals surface area (Å²) in [5, 5.41) is 3.60. The maximum absolute atomic E-state index is 12.7. The van der Waals surface area contributed by atoms with Crippen molar-refractivity contribution in [3.63, 3.8) is 0 Å². The first-order valence-electron chi connectivity index (χ1n) is 7.49. The van der Waals surface area contributed by atoms with E-state index in [9.17, 15) is 9.59 Å². The molecule has 24 heavy (non-hydrogen) atoms. The number of carbonyl (C=O) groups is 2. The second kappa shape index (κ2) is 6.24. The number of halogens is 1. The smallest absolute Gasteiger partial charge is 0.257 e. The number of hydrogen-bond donors (Lipinski definition) is 1. The molecule has 0 spiro atoms. The Bertz CT molecular complexity index is 952. The zero-order chi connectivity index (χ0) is 17.4. The molecule has 122 valence electrons. The van der Waals surface area contributed by atoms with Gasteiger partial charge in [-0.2, -0.15) is 0 Å². The van der Waals surface area contributed by atoms with Crippen LogP contribution in [0.3, 0.4) is 0 Å². The van der Waals surface area contributed by atoms with Crippen LogP contribution in [0.15, 0.2) is 45.3 Å². The van der Waals surface area contributed by atoms with Crippen molar-refractivity contribution >= 4 is 44.3 Å². The Kier molecular flexibility index (Phi) is 4.28. The van der Waals surface area contributed by atoms with E-state index in [0.717, 1.165) is 10.0 Å². The lowest BCUT2D eigenvalue weighted by atomic mass is 10.1. The molecular formula is C19H16BrNO3. The molecule has 0 saturated carbocycles. The highest BCUT2D eigenvalue weighted by atomic mass is 79.9. The molecular weight excluding hydrogens is 370 g/mol. The van der Waals surface area contributed by atoms with Crippen LogP contribution in [-0.2, 0) is 0 Å². The predicted octanol–water partition coefficient (Wildman–Crippen LogP) is 5.27. The van der Waals surface area contributed by atoms with Crippen molar-refractivity contribution in [2.75, 3.05) is 5.32 Å². The molecule has 0 unspecified atom stereocenters. The summed E-state index contributed by atoms with van der Waals surface area (Å²) in [6.07, 6.45) is 0. The summed E-state index contributed by atoms with van der Waals surface area (Å²) in [4.78, 5) is 24.5. The summed E-state index contributed by atoms with van der Waals surface area (Å²) < 4.78 is 6.47. The lowest BCUT2D eigenvalue weighted by Gasteiger charge is -2.10. The Labute approximate surface area is 148 Å². The molecule has 4 nitrogen and oxygen atoms in total. The molecule has 0 aliphatic rings. The fourth-order valence-corrected chi connectivity index (χ4v) is 3.52. The SMILES string of the molecule is CC(=O)c1c(C)oc2c(NC(=O)c3c(C)cccc3Br)cccc12. The highest BCUT2D eigenvalue weighted by Gasteiger charge is 2.19. The van der Waals surface area contributed by atoms with Crippen LogP contribution in [0.5, 0.6) is 0 Å². The van der Waals surface area contributed by atoms with Gasteiger partial charge in [-0.3, -0.25) is 9.59 Å². The molecule has 3 rings (SSSR count). The van der Waals surface area contributed by atoms with Gasteiger partial charge in [0.25, 0.3) is 5.91 Å². The fraction of sp³-hybridized carbons (Fsp3) is 0.158. The summed E-state index contributed by atoms with van der Waals surface area (Å²) >= 11 is 3.42. The molecule has 0 bridgehead atoms. The number of rotatable bonds is 3. The standard InChI is InChI=1S/C19H16BrNO3/c1-10-6-4-8-14(20)16(10)19(23)21-15-9-5-7-13-17(11(2)22)12(3)24-18(13)15/h4-9H,1-3H3,(H,21,23). The van der Waals surface area contributed by atoms with E-state index in [-0.39, 0.29) is 11.7 Å². The third-order valence-electron chi connectivity index (χ3n) is 3.94. The van der Waals surface area contributed by atoms with E-state index in [2.05, 4.69) is 21.2 Å². The summed E-state index contributed by atoms with van der Waals surface area (Å²) in [5.41, 5.74) is 3.05. The van der Waals surface area contributed by atoms with Gasteiger partial charge in [-0.25, -0.2) is 0 Å². The van der Waals surface area contributed by atoms with E-state index in [1.807, 2.05) is 31.2 Å². The Morgan fingerprint density at radius 3 is 2.42 bits per heavy atom. The number of Topliss-reactive ketones (excluding diaryl/α,β-unsaturated/α-hetero) is 1. The first kappa shape index (κ1) is 16.5. The van der Waals surface area contributed by atoms with Crippen LogP contribution in [0.25, 0.3) is 11.0 Å². The number of anilines is 1. The second-order valence-electron chi connectivity index (χ2n) is 5.66. The topological polar surface area (TPSA) is 59.3 Å². The van der Waals surface area contributed by atoms with Gasteiger partial charge < -0.3 is 9.73 Å². The van der Waals surface area contributed by atoms with Gasteiger partial charge in [0.05, 0.1) is 16.8 Å². The first-order valence-corrected chi connectivity index (χ1v) is 8.29. The first-order chi connectivity index (χ1) is 11.4. The van der Waals surface area contributed by atoms with Crippen molar-refractivity contribution in [3.05, 3.63) is 63.3 Å². The number of carbonyl (C=O) groups excluding carboxylic acids is 2. The van der Waals surface area contributed by atoms with Crippen molar-refractivity contribution in [2.24, 2.45) is 0 Å². The normalized spacial score (nSPS) is 10.8. The molecule has 3 aromatic rings. The van der Waals surface area contributed by atoms with Gasteiger partial charge in [-0.15, -0.1) is 0 Å². The van der Waals surface area contributed by atoms with Crippen molar-refractivity contribution in [1.29, 1.82) is 0 Å². The third-order valence-corrected chi connectivity index (χ3v) is 4.60. The second-order valence-corrected chi connectivity index (χ2v) is 6.51. The highest BCUT2D eigenvalue weighted by molar-refractivity contribution is 9.10.